The zero-order valence-corrected chi connectivity index (χ0v) is 10.3. The maximum atomic E-state index is 12.0. The molecule has 0 saturated carbocycles. The van der Waals surface area contributed by atoms with Crippen molar-refractivity contribution in [3.8, 4) is 0 Å². The summed E-state index contributed by atoms with van der Waals surface area (Å²) in [4.78, 5) is 19.2. The first-order chi connectivity index (χ1) is 9.23. The molecule has 0 spiro atoms. The van der Waals surface area contributed by atoms with Crippen LogP contribution in [0.15, 0.2) is 24.5 Å². The zero-order valence-electron chi connectivity index (χ0n) is 10.3. The van der Waals surface area contributed by atoms with Gasteiger partial charge in [-0.15, -0.1) is 0 Å². The molecule has 1 fully saturated rings. The molecule has 0 bridgehead atoms. The van der Waals surface area contributed by atoms with Crippen molar-refractivity contribution in [1.82, 2.24) is 15.3 Å². The lowest BCUT2D eigenvalue weighted by molar-refractivity contribution is -0.170. The molecular weight excluding hydrogens is 246 g/mol. The van der Waals surface area contributed by atoms with E-state index < -0.39 is 5.41 Å². The molecule has 0 atom stereocenters. The fourth-order valence-corrected chi connectivity index (χ4v) is 2.11. The monoisotopic (exact) mass is 261 g/mol. The van der Waals surface area contributed by atoms with Gasteiger partial charge in [0.2, 0.25) is 5.91 Å². The number of aromatic amines is 1. The van der Waals surface area contributed by atoms with Gasteiger partial charge in [-0.25, -0.2) is 4.98 Å². The Morgan fingerprint density at radius 1 is 1.53 bits per heavy atom. The van der Waals surface area contributed by atoms with Crippen LogP contribution < -0.4 is 5.32 Å². The molecule has 1 aromatic carbocycles. The van der Waals surface area contributed by atoms with Gasteiger partial charge in [0, 0.05) is 6.54 Å². The molecule has 1 aliphatic rings. The van der Waals surface area contributed by atoms with Gasteiger partial charge in [0.1, 0.15) is 5.41 Å². The molecule has 100 valence electrons. The Kier molecular flexibility index (Phi) is 2.96. The van der Waals surface area contributed by atoms with Gasteiger partial charge in [0.05, 0.1) is 37.2 Å². The number of H-pyrrole nitrogens is 1. The van der Waals surface area contributed by atoms with Gasteiger partial charge in [-0.05, 0) is 17.7 Å². The van der Waals surface area contributed by atoms with E-state index >= 15 is 0 Å². The molecule has 0 unspecified atom stereocenters. The van der Waals surface area contributed by atoms with Gasteiger partial charge < -0.3 is 20.1 Å². The van der Waals surface area contributed by atoms with Gasteiger partial charge in [0.15, 0.2) is 0 Å². The Morgan fingerprint density at radius 3 is 3.05 bits per heavy atom. The molecule has 6 heteroatoms. The summed E-state index contributed by atoms with van der Waals surface area (Å²) in [6.45, 7) is 0.817. The Bertz CT molecular complexity index is 598. The number of nitrogens with zero attached hydrogens (tertiary/aromatic N) is 1. The molecule has 1 aliphatic heterocycles. The number of carbonyl (C=O) groups excluding carboxylic acids is 1. The number of aliphatic hydroxyl groups excluding tert-OH is 1. The number of carbonyl (C=O) groups is 1. The molecule has 1 aromatic heterocycles. The molecule has 0 radical (unpaired) electrons. The van der Waals surface area contributed by atoms with Crippen molar-refractivity contribution in [2.75, 3.05) is 19.8 Å². The third-order valence-electron chi connectivity index (χ3n) is 3.48. The maximum Gasteiger partial charge on any atom is 0.233 e. The van der Waals surface area contributed by atoms with Crippen LogP contribution >= 0.6 is 0 Å². The molecule has 6 nitrogen and oxygen atoms in total. The second-order valence-corrected chi connectivity index (χ2v) is 4.87. The highest BCUT2D eigenvalue weighted by molar-refractivity contribution is 5.84. The summed E-state index contributed by atoms with van der Waals surface area (Å²) >= 11 is 0. The van der Waals surface area contributed by atoms with Gasteiger partial charge in [-0.2, -0.15) is 0 Å². The Morgan fingerprint density at radius 2 is 2.37 bits per heavy atom. The number of hydrogen-bond acceptors (Lipinski definition) is 4. The maximum absolute atomic E-state index is 12.0. The fraction of sp³-hybridized carbons (Fsp3) is 0.385. The number of aromatic nitrogens is 2. The first-order valence-corrected chi connectivity index (χ1v) is 6.12. The Labute approximate surface area is 109 Å². The highest BCUT2D eigenvalue weighted by Gasteiger charge is 2.45. The first-order valence-electron chi connectivity index (χ1n) is 6.12. The SMILES string of the molecule is O=C(NCc1ccc2nc[nH]c2c1)C1(CO)COC1. The van der Waals surface area contributed by atoms with E-state index in [1.54, 1.807) is 6.33 Å². The number of ether oxygens (including phenoxy) is 1. The third-order valence-corrected chi connectivity index (χ3v) is 3.48. The molecule has 1 saturated heterocycles. The van der Waals surface area contributed by atoms with Crippen LogP contribution in [0.5, 0.6) is 0 Å². The predicted octanol–water partition coefficient (Wildman–Crippen LogP) is 0.188. The van der Waals surface area contributed by atoms with Crippen molar-refractivity contribution in [3.05, 3.63) is 30.1 Å². The number of imidazole rings is 1. The average molecular weight is 261 g/mol. The summed E-state index contributed by atoms with van der Waals surface area (Å²) in [6, 6.07) is 5.78. The van der Waals surface area contributed by atoms with Crippen molar-refractivity contribution in [3.63, 3.8) is 0 Å². The number of fused-ring (bicyclic) bond motifs is 1. The minimum absolute atomic E-state index is 0.161. The van der Waals surface area contributed by atoms with E-state index in [9.17, 15) is 9.90 Å². The molecule has 19 heavy (non-hydrogen) atoms. The zero-order chi connectivity index (χ0) is 13.3. The molecule has 1 amide bonds. The minimum atomic E-state index is -0.752. The summed E-state index contributed by atoms with van der Waals surface area (Å²) < 4.78 is 5.02. The smallest absolute Gasteiger partial charge is 0.233 e. The molecule has 0 aliphatic carbocycles. The minimum Gasteiger partial charge on any atom is -0.395 e. The van der Waals surface area contributed by atoms with Gasteiger partial charge in [-0.1, -0.05) is 6.07 Å². The second kappa shape index (κ2) is 4.64. The van der Waals surface area contributed by atoms with Gasteiger partial charge >= 0.3 is 0 Å². The van der Waals surface area contributed by atoms with E-state index in [-0.39, 0.29) is 25.7 Å². The lowest BCUT2D eigenvalue weighted by atomic mass is 9.86. The number of aliphatic hydroxyl groups is 1. The van der Waals surface area contributed by atoms with Crippen LogP contribution in [0.2, 0.25) is 0 Å². The highest BCUT2D eigenvalue weighted by atomic mass is 16.5. The van der Waals surface area contributed by atoms with Gasteiger partial charge in [0.25, 0.3) is 0 Å². The second-order valence-electron chi connectivity index (χ2n) is 4.87. The number of nitrogens with one attached hydrogen (secondary N) is 2. The van der Waals surface area contributed by atoms with Crippen LogP contribution in [-0.4, -0.2) is 40.8 Å². The summed E-state index contributed by atoms with van der Waals surface area (Å²) in [5, 5.41) is 12.1. The van der Waals surface area contributed by atoms with Crippen molar-refractivity contribution in [2.45, 2.75) is 6.54 Å². The fourth-order valence-electron chi connectivity index (χ4n) is 2.11. The number of rotatable bonds is 4. The molecule has 3 N–H and O–H groups in total. The van der Waals surface area contributed by atoms with Crippen LogP contribution in [0.1, 0.15) is 5.56 Å². The number of amides is 1. The molecule has 2 heterocycles. The number of hydrogen-bond donors (Lipinski definition) is 3. The summed E-state index contributed by atoms with van der Waals surface area (Å²) in [5.41, 5.74) is 2.07. The van der Waals surface area contributed by atoms with E-state index in [0.29, 0.717) is 6.54 Å². The van der Waals surface area contributed by atoms with Crippen LogP contribution in [0.25, 0.3) is 11.0 Å². The molecule has 2 aromatic rings. The summed E-state index contributed by atoms with van der Waals surface area (Å²) in [6.07, 6.45) is 1.64. The Hall–Kier alpha value is -1.92. The van der Waals surface area contributed by atoms with E-state index in [4.69, 9.17) is 4.74 Å². The third kappa shape index (κ3) is 2.09. The largest absolute Gasteiger partial charge is 0.395 e. The van der Waals surface area contributed by atoms with Crippen molar-refractivity contribution in [1.29, 1.82) is 0 Å². The lowest BCUT2D eigenvalue weighted by Crippen LogP contribution is -2.56. The summed E-state index contributed by atoms with van der Waals surface area (Å²) in [7, 11) is 0. The molecular formula is C13H15N3O3. The first kappa shape index (κ1) is 12.1. The van der Waals surface area contributed by atoms with Crippen LogP contribution in [0.3, 0.4) is 0 Å². The average Bonchev–Trinajstić information content (AvgIpc) is 2.83. The van der Waals surface area contributed by atoms with Crippen molar-refractivity contribution in [2.24, 2.45) is 5.41 Å². The highest BCUT2D eigenvalue weighted by Crippen LogP contribution is 2.27. The van der Waals surface area contributed by atoms with E-state index in [0.717, 1.165) is 16.6 Å². The van der Waals surface area contributed by atoms with Crippen LogP contribution in [0.4, 0.5) is 0 Å². The van der Waals surface area contributed by atoms with E-state index in [1.807, 2.05) is 18.2 Å². The topological polar surface area (TPSA) is 87.2 Å². The quantitative estimate of drug-likeness (QED) is 0.733. The Balaban J connectivity index is 1.66. The number of benzene rings is 1. The van der Waals surface area contributed by atoms with Gasteiger partial charge in [-0.3, -0.25) is 4.79 Å². The lowest BCUT2D eigenvalue weighted by Gasteiger charge is -2.38. The van der Waals surface area contributed by atoms with Crippen molar-refractivity contribution >= 4 is 16.9 Å². The normalized spacial score (nSPS) is 17.1. The van der Waals surface area contributed by atoms with E-state index in [1.165, 1.54) is 0 Å². The van der Waals surface area contributed by atoms with E-state index in [2.05, 4.69) is 15.3 Å². The standard InChI is InChI=1S/C13H15N3O3/c17-5-13(6-19-7-13)12(18)14-4-9-1-2-10-11(3-9)16-8-15-10/h1-3,8,17H,4-7H2,(H,14,18)(H,15,16). The molecule has 3 rings (SSSR count). The van der Waals surface area contributed by atoms with Crippen LogP contribution in [-0.2, 0) is 16.1 Å². The van der Waals surface area contributed by atoms with Crippen molar-refractivity contribution < 1.29 is 14.6 Å². The predicted molar refractivity (Wildman–Crippen MR) is 68.3 cm³/mol. The van der Waals surface area contributed by atoms with Crippen LogP contribution in [0, 0.1) is 5.41 Å². The summed E-state index contributed by atoms with van der Waals surface area (Å²) in [5.74, 6) is -0.161.